The minimum absolute atomic E-state index is 0.0616. The number of aryl methyl sites for hydroxylation is 1. The summed E-state index contributed by atoms with van der Waals surface area (Å²) in [6.45, 7) is 9.93. The van der Waals surface area contributed by atoms with Crippen LogP contribution in [0.15, 0.2) is 59.4 Å². The molecule has 0 bridgehead atoms. The lowest BCUT2D eigenvalue weighted by Crippen LogP contribution is -2.43. The van der Waals surface area contributed by atoms with Crippen LogP contribution in [0, 0.1) is 6.92 Å². The quantitative estimate of drug-likeness (QED) is 0.478. The maximum absolute atomic E-state index is 12.9. The van der Waals surface area contributed by atoms with E-state index in [1.54, 1.807) is 0 Å². The van der Waals surface area contributed by atoms with Gasteiger partial charge in [0.2, 0.25) is 0 Å². The van der Waals surface area contributed by atoms with Crippen molar-refractivity contribution in [2.45, 2.75) is 32.9 Å². The number of aromatic amines is 1. The van der Waals surface area contributed by atoms with Gasteiger partial charge in [0.15, 0.2) is 5.11 Å². The first-order valence-electron chi connectivity index (χ1n) is 12.0. The highest BCUT2D eigenvalue weighted by Gasteiger charge is 2.17. The van der Waals surface area contributed by atoms with Gasteiger partial charge in [0, 0.05) is 37.3 Å². The van der Waals surface area contributed by atoms with Crippen LogP contribution in [-0.4, -0.2) is 59.3 Å². The van der Waals surface area contributed by atoms with Crippen LogP contribution in [0.1, 0.15) is 36.1 Å². The van der Waals surface area contributed by atoms with Crippen molar-refractivity contribution < 1.29 is 4.74 Å². The zero-order valence-corrected chi connectivity index (χ0v) is 20.9. The van der Waals surface area contributed by atoms with Crippen LogP contribution in [0.4, 0.5) is 0 Å². The van der Waals surface area contributed by atoms with E-state index in [4.69, 9.17) is 17.0 Å². The third kappa shape index (κ3) is 6.44. The number of fused-ring (bicyclic) bond motifs is 1. The molecule has 0 aliphatic carbocycles. The van der Waals surface area contributed by atoms with Crippen molar-refractivity contribution in [1.29, 1.82) is 0 Å². The van der Waals surface area contributed by atoms with E-state index in [-0.39, 0.29) is 11.6 Å². The van der Waals surface area contributed by atoms with Gasteiger partial charge in [-0.3, -0.25) is 9.69 Å². The number of aromatic nitrogens is 1. The van der Waals surface area contributed by atoms with E-state index in [1.807, 2.05) is 36.4 Å². The Morgan fingerprint density at radius 3 is 2.71 bits per heavy atom. The smallest absolute Gasteiger partial charge is 0.253 e. The molecule has 1 aromatic heterocycles. The fraction of sp³-hybridized carbons (Fsp3) is 0.407. The maximum atomic E-state index is 12.9. The second-order valence-corrected chi connectivity index (χ2v) is 9.41. The first kappa shape index (κ1) is 24.4. The second-order valence-electron chi connectivity index (χ2n) is 9.03. The Balaban J connectivity index is 1.50. The zero-order valence-electron chi connectivity index (χ0n) is 20.0. The minimum atomic E-state index is -0.0616. The second kappa shape index (κ2) is 11.6. The van der Waals surface area contributed by atoms with Crippen LogP contribution in [0.5, 0.6) is 0 Å². The van der Waals surface area contributed by atoms with Crippen LogP contribution in [0.2, 0.25) is 0 Å². The molecule has 3 aromatic rings. The van der Waals surface area contributed by atoms with Crippen molar-refractivity contribution in [3.63, 3.8) is 0 Å². The van der Waals surface area contributed by atoms with Gasteiger partial charge < -0.3 is 19.9 Å². The number of H-pyrrole nitrogens is 1. The Hall–Kier alpha value is -2.74. The Bertz CT molecular complexity index is 1160. The lowest BCUT2D eigenvalue weighted by atomic mass is 10.1. The van der Waals surface area contributed by atoms with E-state index in [0.29, 0.717) is 11.7 Å². The number of nitrogens with zero attached hydrogens (tertiary/aromatic N) is 2. The van der Waals surface area contributed by atoms with Gasteiger partial charge in [-0.2, -0.15) is 0 Å². The maximum Gasteiger partial charge on any atom is 0.253 e. The molecule has 7 heteroatoms. The van der Waals surface area contributed by atoms with E-state index in [1.165, 1.54) is 11.1 Å². The number of benzene rings is 2. The summed E-state index contributed by atoms with van der Waals surface area (Å²) in [6, 6.07) is 18.4. The minimum Gasteiger partial charge on any atom is -0.379 e. The van der Waals surface area contributed by atoms with Gasteiger partial charge in [-0.25, -0.2) is 0 Å². The molecular weight excluding hydrogens is 444 g/mol. The summed E-state index contributed by atoms with van der Waals surface area (Å²) in [7, 11) is 0. The van der Waals surface area contributed by atoms with Crippen molar-refractivity contribution in [1.82, 2.24) is 20.1 Å². The predicted molar refractivity (Wildman–Crippen MR) is 142 cm³/mol. The van der Waals surface area contributed by atoms with Gasteiger partial charge in [-0.15, -0.1) is 0 Å². The molecule has 34 heavy (non-hydrogen) atoms. The molecule has 180 valence electrons. The first-order valence-corrected chi connectivity index (χ1v) is 12.4. The molecular formula is C27H34N4O2S. The molecule has 0 radical (unpaired) electrons. The van der Waals surface area contributed by atoms with Crippen molar-refractivity contribution in [3.8, 4) is 0 Å². The number of hydrogen-bond donors (Lipinski definition) is 2. The van der Waals surface area contributed by atoms with Crippen molar-refractivity contribution in [2.75, 3.05) is 39.4 Å². The number of thiocarbonyl (C=S) groups is 1. The Morgan fingerprint density at radius 2 is 1.94 bits per heavy atom. The molecule has 1 aliphatic rings. The summed E-state index contributed by atoms with van der Waals surface area (Å²) in [5, 5.41) is 5.19. The highest BCUT2D eigenvalue weighted by atomic mass is 32.1. The van der Waals surface area contributed by atoms with E-state index >= 15 is 0 Å². The highest BCUT2D eigenvalue weighted by molar-refractivity contribution is 7.80. The largest absolute Gasteiger partial charge is 0.379 e. The average Bonchev–Trinajstić information content (AvgIpc) is 2.85. The predicted octanol–water partition coefficient (Wildman–Crippen LogP) is 4.00. The molecule has 2 aromatic carbocycles. The molecule has 6 nitrogen and oxygen atoms in total. The monoisotopic (exact) mass is 478 g/mol. The van der Waals surface area contributed by atoms with Gasteiger partial charge in [-0.05, 0) is 61.6 Å². The summed E-state index contributed by atoms with van der Waals surface area (Å²) in [5.41, 5.74) is 3.87. The molecule has 1 atom stereocenters. The normalized spacial score (nSPS) is 15.2. The topological polar surface area (TPSA) is 60.6 Å². The Kier molecular flexibility index (Phi) is 8.32. The van der Waals surface area contributed by atoms with Crippen LogP contribution in [0.3, 0.4) is 0 Å². The van der Waals surface area contributed by atoms with Gasteiger partial charge in [0.25, 0.3) is 5.56 Å². The highest BCUT2D eigenvalue weighted by Crippen LogP contribution is 2.16. The number of morpholine rings is 1. The molecule has 0 saturated carbocycles. The summed E-state index contributed by atoms with van der Waals surface area (Å²) in [4.78, 5) is 20.5. The Morgan fingerprint density at radius 1 is 1.18 bits per heavy atom. The van der Waals surface area contributed by atoms with Gasteiger partial charge in [0.1, 0.15) is 0 Å². The zero-order chi connectivity index (χ0) is 23.9. The first-order chi connectivity index (χ1) is 16.5. The van der Waals surface area contributed by atoms with Crippen LogP contribution >= 0.6 is 12.2 Å². The molecule has 0 amide bonds. The molecule has 2 N–H and O–H groups in total. The Labute approximate surface area is 206 Å². The molecule has 2 heterocycles. The third-order valence-electron chi connectivity index (χ3n) is 6.37. The number of ether oxygens (including phenoxy) is 1. The third-order valence-corrected chi connectivity index (χ3v) is 6.75. The van der Waals surface area contributed by atoms with Gasteiger partial charge >= 0.3 is 0 Å². The van der Waals surface area contributed by atoms with Gasteiger partial charge in [0.05, 0.1) is 25.8 Å². The molecule has 1 saturated heterocycles. The number of hydrogen-bond acceptors (Lipinski definition) is 4. The fourth-order valence-corrected chi connectivity index (χ4v) is 4.69. The van der Waals surface area contributed by atoms with Crippen LogP contribution in [0.25, 0.3) is 10.9 Å². The number of rotatable bonds is 8. The van der Waals surface area contributed by atoms with E-state index in [9.17, 15) is 4.79 Å². The average molecular weight is 479 g/mol. The fourth-order valence-electron chi connectivity index (χ4n) is 4.36. The van der Waals surface area contributed by atoms with Gasteiger partial charge in [-0.1, -0.05) is 42.0 Å². The van der Waals surface area contributed by atoms with Crippen molar-refractivity contribution in [3.05, 3.63) is 81.6 Å². The number of nitrogens with one attached hydrogen (secondary N) is 2. The van der Waals surface area contributed by atoms with Crippen LogP contribution in [-0.2, 0) is 11.3 Å². The number of pyridine rings is 1. The summed E-state index contributed by atoms with van der Waals surface area (Å²) < 4.78 is 5.47. The van der Waals surface area contributed by atoms with E-state index < -0.39 is 0 Å². The van der Waals surface area contributed by atoms with Crippen LogP contribution < -0.4 is 10.9 Å². The lowest BCUT2D eigenvalue weighted by molar-refractivity contribution is 0.0367. The summed E-state index contributed by atoms with van der Waals surface area (Å²) >= 11 is 5.85. The summed E-state index contributed by atoms with van der Waals surface area (Å²) in [5.74, 6) is 0. The summed E-state index contributed by atoms with van der Waals surface area (Å²) in [6.07, 6.45) is 0.964. The SMILES string of the molecule is Cc1ccc2[nH]c(=O)c(CN(CCCN3CCOCC3)C(=S)NC(C)c3ccccc3)cc2c1. The molecule has 0 spiro atoms. The van der Waals surface area contributed by atoms with E-state index in [0.717, 1.165) is 62.3 Å². The lowest BCUT2D eigenvalue weighted by Gasteiger charge is -2.30. The van der Waals surface area contributed by atoms with E-state index in [2.05, 4.69) is 52.1 Å². The molecule has 1 aliphatic heterocycles. The van der Waals surface area contributed by atoms with Crippen molar-refractivity contribution in [2.24, 2.45) is 0 Å². The van der Waals surface area contributed by atoms with Crippen molar-refractivity contribution >= 4 is 28.2 Å². The molecule has 1 fully saturated rings. The molecule has 1 unspecified atom stereocenters. The molecule has 4 rings (SSSR count). The standard InChI is InChI=1S/C27H34N4O2S/c1-20-9-10-25-23(17-20)18-24(26(32)29-25)19-31(12-6-11-30-13-15-33-16-14-30)27(34)28-21(2)22-7-4-3-5-8-22/h3-5,7-10,17-18,21H,6,11-16,19H2,1-2H3,(H,28,34)(H,29,32).